The molecule has 0 saturated carbocycles. The lowest BCUT2D eigenvalue weighted by molar-refractivity contribution is -0.386. The van der Waals surface area contributed by atoms with Gasteiger partial charge in [0.1, 0.15) is 0 Å². The van der Waals surface area contributed by atoms with Gasteiger partial charge in [0, 0.05) is 22.3 Å². The Bertz CT molecular complexity index is 1010. The van der Waals surface area contributed by atoms with E-state index < -0.39 is 16.9 Å². The normalized spacial score (nSPS) is 11.5. The number of halogens is 1. The molecule has 1 atom stereocenters. The molecule has 142 valence electrons. The lowest BCUT2D eigenvalue weighted by Gasteiger charge is -2.16. The zero-order chi connectivity index (χ0) is 20.1. The molecule has 28 heavy (non-hydrogen) atoms. The Kier molecular flexibility index (Phi) is 5.91. The number of hydrogen-bond donors (Lipinski definition) is 1. The number of para-hydroxylation sites is 1. The number of hydrogen-bond acceptors (Lipinski definition) is 4. The van der Waals surface area contributed by atoms with Crippen molar-refractivity contribution in [3.8, 4) is 16.9 Å². The summed E-state index contributed by atoms with van der Waals surface area (Å²) in [7, 11) is 0. The van der Waals surface area contributed by atoms with Crippen LogP contribution >= 0.6 is 11.6 Å². The van der Waals surface area contributed by atoms with Gasteiger partial charge in [0.25, 0.3) is 5.91 Å². The SMILES string of the molecule is C[C@H](Oc1ccc(Cl)cc1[N+](=O)[O-])C(=O)Nc1ccccc1-c1ccccc1. The van der Waals surface area contributed by atoms with Crippen LogP contribution in [0.4, 0.5) is 11.4 Å². The standard InChI is InChI=1S/C21H17ClN2O4/c1-14(28-20-12-11-16(22)13-19(20)24(26)27)21(25)23-18-10-6-5-9-17(18)15-7-3-2-4-8-15/h2-14H,1H3,(H,23,25)/t14-/m0/s1. The zero-order valence-electron chi connectivity index (χ0n) is 15.0. The van der Waals surface area contributed by atoms with Crippen LogP contribution in [0.5, 0.6) is 5.75 Å². The summed E-state index contributed by atoms with van der Waals surface area (Å²) in [5.74, 6) is -0.443. The second-order valence-corrected chi connectivity index (χ2v) is 6.47. The molecule has 0 aliphatic heterocycles. The molecule has 1 N–H and O–H groups in total. The van der Waals surface area contributed by atoms with Gasteiger partial charge in [-0.3, -0.25) is 14.9 Å². The number of anilines is 1. The molecule has 0 aliphatic carbocycles. The van der Waals surface area contributed by atoms with Gasteiger partial charge in [-0.2, -0.15) is 0 Å². The molecule has 7 heteroatoms. The predicted octanol–water partition coefficient (Wildman–Crippen LogP) is 5.32. The number of ether oxygens (including phenoxy) is 1. The van der Waals surface area contributed by atoms with Crippen LogP contribution in [0.15, 0.2) is 72.8 Å². The molecular formula is C21H17ClN2O4. The van der Waals surface area contributed by atoms with Crippen LogP contribution in [0.25, 0.3) is 11.1 Å². The first-order valence-corrected chi connectivity index (χ1v) is 8.89. The fourth-order valence-electron chi connectivity index (χ4n) is 2.67. The van der Waals surface area contributed by atoms with E-state index >= 15 is 0 Å². The summed E-state index contributed by atoms with van der Waals surface area (Å²) in [5.41, 5.74) is 2.15. The number of amides is 1. The third-order valence-corrected chi connectivity index (χ3v) is 4.30. The summed E-state index contributed by atoms with van der Waals surface area (Å²) in [6.07, 6.45) is -0.955. The average Bonchev–Trinajstić information content (AvgIpc) is 2.70. The summed E-state index contributed by atoms with van der Waals surface area (Å²) in [4.78, 5) is 23.2. The minimum absolute atomic E-state index is 0.0200. The number of nitro groups is 1. The van der Waals surface area contributed by atoms with Crippen molar-refractivity contribution in [2.45, 2.75) is 13.0 Å². The van der Waals surface area contributed by atoms with Gasteiger partial charge in [0.05, 0.1) is 4.92 Å². The molecular weight excluding hydrogens is 380 g/mol. The van der Waals surface area contributed by atoms with Crippen LogP contribution in [0, 0.1) is 10.1 Å². The third-order valence-electron chi connectivity index (χ3n) is 4.06. The topological polar surface area (TPSA) is 81.5 Å². The molecule has 3 rings (SSSR count). The fraction of sp³-hybridized carbons (Fsp3) is 0.0952. The summed E-state index contributed by atoms with van der Waals surface area (Å²) in [5, 5.41) is 14.2. The smallest absolute Gasteiger partial charge is 0.312 e. The van der Waals surface area contributed by atoms with E-state index in [2.05, 4.69) is 5.32 Å². The highest BCUT2D eigenvalue weighted by Gasteiger charge is 2.22. The van der Waals surface area contributed by atoms with E-state index in [-0.39, 0.29) is 16.5 Å². The van der Waals surface area contributed by atoms with Crippen molar-refractivity contribution >= 4 is 28.9 Å². The van der Waals surface area contributed by atoms with Gasteiger partial charge in [-0.1, -0.05) is 60.1 Å². The molecule has 0 radical (unpaired) electrons. The molecule has 3 aromatic carbocycles. The van der Waals surface area contributed by atoms with Crippen molar-refractivity contribution in [2.75, 3.05) is 5.32 Å². The number of nitro benzene ring substituents is 1. The Labute approximate surface area is 166 Å². The number of nitrogens with one attached hydrogen (secondary N) is 1. The molecule has 0 saturated heterocycles. The van der Waals surface area contributed by atoms with Crippen molar-refractivity contribution in [3.05, 3.63) is 87.9 Å². The number of nitrogens with zero attached hydrogens (tertiary/aromatic N) is 1. The first-order chi connectivity index (χ1) is 13.5. The van der Waals surface area contributed by atoms with Crippen molar-refractivity contribution in [1.29, 1.82) is 0 Å². The number of benzene rings is 3. The molecule has 0 aliphatic rings. The van der Waals surface area contributed by atoms with Crippen LogP contribution in [0.2, 0.25) is 5.02 Å². The van der Waals surface area contributed by atoms with Gasteiger partial charge >= 0.3 is 5.69 Å². The number of rotatable bonds is 6. The molecule has 0 unspecified atom stereocenters. The van der Waals surface area contributed by atoms with E-state index in [1.807, 2.05) is 48.5 Å². The van der Waals surface area contributed by atoms with E-state index in [0.29, 0.717) is 5.69 Å². The molecule has 0 aromatic heterocycles. The summed E-state index contributed by atoms with van der Waals surface area (Å²) in [6.45, 7) is 1.53. The second kappa shape index (κ2) is 8.54. The highest BCUT2D eigenvalue weighted by atomic mass is 35.5. The lowest BCUT2D eigenvalue weighted by Crippen LogP contribution is -2.30. The maximum absolute atomic E-state index is 12.6. The highest BCUT2D eigenvalue weighted by Crippen LogP contribution is 2.31. The average molecular weight is 397 g/mol. The predicted molar refractivity (Wildman–Crippen MR) is 109 cm³/mol. The minimum Gasteiger partial charge on any atom is -0.474 e. The van der Waals surface area contributed by atoms with E-state index in [1.54, 1.807) is 6.07 Å². The van der Waals surface area contributed by atoms with Gasteiger partial charge < -0.3 is 10.1 Å². The number of carbonyl (C=O) groups excluding carboxylic acids is 1. The quantitative estimate of drug-likeness (QED) is 0.451. The van der Waals surface area contributed by atoms with E-state index in [4.69, 9.17) is 16.3 Å². The molecule has 6 nitrogen and oxygen atoms in total. The Morgan fingerprint density at radius 2 is 1.75 bits per heavy atom. The van der Waals surface area contributed by atoms with Crippen molar-refractivity contribution < 1.29 is 14.5 Å². The molecule has 0 spiro atoms. The first-order valence-electron chi connectivity index (χ1n) is 8.51. The van der Waals surface area contributed by atoms with E-state index in [0.717, 1.165) is 11.1 Å². The summed E-state index contributed by atoms with van der Waals surface area (Å²) in [6, 6.07) is 21.1. The first kappa shape index (κ1) is 19.4. The van der Waals surface area contributed by atoms with Crippen LogP contribution in [0.3, 0.4) is 0 Å². The van der Waals surface area contributed by atoms with Crippen LogP contribution < -0.4 is 10.1 Å². The maximum atomic E-state index is 12.6. The Morgan fingerprint density at radius 3 is 2.46 bits per heavy atom. The van der Waals surface area contributed by atoms with Gasteiger partial charge in [-0.15, -0.1) is 0 Å². The highest BCUT2D eigenvalue weighted by molar-refractivity contribution is 6.30. The summed E-state index contributed by atoms with van der Waals surface area (Å²) >= 11 is 5.80. The lowest BCUT2D eigenvalue weighted by atomic mass is 10.0. The number of carbonyl (C=O) groups is 1. The summed E-state index contributed by atoms with van der Waals surface area (Å²) < 4.78 is 5.53. The molecule has 3 aromatic rings. The molecule has 0 bridgehead atoms. The Hall–Kier alpha value is -3.38. The van der Waals surface area contributed by atoms with Crippen molar-refractivity contribution in [3.63, 3.8) is 0 Å². The van der Waals surface area contributed by atoms with Crippen LogP contribution in [0.1, 0.15) is 6.92 Å². The Balaban J connectivity index is 1.79. The van der Waals surface area contributed by atoms with Crippen molar-refractivity contribution in [1.82, 2.24) is 0 Å². The monoisotopic (exact) mass is 396 g/mol. The third kappa shape index (κ3) is 4.47. The van der Waals surface area contributed by atoms with Crippen LogP contribution in [-0.2, 0) is 4.79 Å². The minimum atomic E-state index is -0.955. The van der Waals surface area contributed by atoms with E-state index in [9.17, 15) is 14.9 Å². The van der Waals surface area contributed by atoms with Gasteiger partial charge in [-0.05, 0) is 30.7 Å². The van der Waals surface area contributed by atoms with Gasteiger partial charge in [0.2, 0.25) is 0 Å². The maximum Gasteiger partial charge on any atom is 0.312 e. The molecule has 0 fully saturated rings. The zero-order valence-corrected chi connectivity index (χ0v) is 15.7. The molecule has 0 heterocycles. The van der Waals surface area contributed by atoms with Gasteiger partial charge in [0.15, 0.2) is 11.9 Å². The molecule has 1 amide bonds. The van der Waals surface area contributed by atoms with Gasteiger partial charge in [-0.25, -0.2) is 0 Å². The van der Waals surface area contributed by atoms with Crippen LogP contribution in [-0.4, -0.2) is 16.9 Å². The van der Waals surface area contributed by atoms with E-state index in [1.165, 1.54) is 25.1 Å². The second-order valence-electron chi connectivity index (χ2n) is 6.03. The fourth-order valence-corrected chi connectivity index (χ4v) is 2.84. The largest absolute Gasteiger partial charge is 0.474 e. The Morgan fingerprint density at radius 1 is 1.07 bits per heavy atom. The van der Waals surface area contributed by atoms with Crippen molar-refractivity contribution in [2.24, 2.45) is 0 Å².